The number of anilines is 1. The highest BCUT2D eigenvalue weighted by Gasteiger charge is 2.63. The van der Waals surface area contributed by atoms with Crippen molar-refractivity contribution in [2.45, 2.75) is 121 Å². The van der Waals surface area contributed by atoms with E-state index in [1.54, 1.807) is 42.2 Å². The topological polar surface area (TPSA) is 218 Å². The van der Waals surface area contributed by atoms with Gasteiger partial charge in [0.1, 0.15) is 35.7 Å². The molecule has 1 saturated carbocycles. The number of benzene rings is 2. The third kappa shape index (κ3) is 9.88. The molecule has 9 atom stereocenters. The Balaban J connectivity index is 1.15. The Morgan fingerprint density at radius 3 is 2.31 bits per heavy atom. The molecule has 4 aliphatic rings. The van der Waals surface area contributed by atoms with Crippen LogP contribution in [0.3, 0.4) is 0 Å². The van der Waals surface area contributed by atoms with Gasteiger partial charge in [0.15, 0.2) is 5.78 Å². The van der Waals surface area contributed by atoms with Crippen LogP contribution in [0.5, 0.6) is 0 Å². The van der Waals surface area contributed by atoms with Gasteiger partial charge in [0, 0.05) is 49.6 Å². The van der Waals surface area contributed by atoms with Crippen LogP contribution in [0.25, 0.3) is 0 Å². The van der Waals surface area contributed by atoms with E-state index in [0.29, 0.717) is 49.4 Å². The molecular formula is C42H54ClN7O9. The molecule has 16 nitrogen and oxygen atoms in total. The van der Waals surface area contributed by atoms with E-state index < -0.39 is 77.6 Å². The maximum absolute atomic E-state index is 14.3. The first-order chi connectivity index (χ1) is 28.0. The van der Waals surface area contributed by atoms with Crippen LogP contribution in [-0.4, -0.2) is 134 Å². The van der Waals surface area contributed by atoms with Crippen molar-refractivity contribution in [1.82, 2.24) is 30.7 Å². The minimum Gasteiger partial charge on any atom is -0.391 e. The third-order valence-electron chi connectivity index (χ3n) is 11.8. The number of nitrogens with zero attached hydrogens (tertiary/aromatic N) is 3. The first-order valence-corrected chi connectivity index (χ1v) is 20.7. The fourth-order valence-corrected chi connectivity index (χ4v) is 8.84. The number of halogens is 1. The molecule has 59 heavy (non-hydrogen) atoms. The summed E-state index contributed by atoms with van der Waals surface area (Å²) in [6, 6.07) is 7.05. The number of aryl methyl sites for hydroxylation is 1. The van der Waals surface area contributed by atoms with Crippen molar-refractivity contribution >= 4 is 58.6 Å². The van der Waals surface area contributed by atoms with Crippen LogP contribution in [0.4, 0.5) is 10.5 Å². The number of rotatable bonds is 12. The number of aliphatic hydroxyl groups excluding tert-OH is 2. The molecular weight excluding hydrogens is 782 g/mol. The molecule has 4 fully saturated rings. The van der Waals surface area contributed by atoms with Crippen molar-refractivity contribution in [1.29, 1.82) is 0 Å². The van der Waals surface area contributed by atoms with E-state index in [1.165, 1.54) is 11.8 Å². The van der Waals surface area contributed by atoms with Gasteiger partial charge >= 0.3 is 6.03 Å². The van der Waals surface area contributed by atoms with E-state index >= 15 is 0 Å². The fraction of sp³-hybridized carbons (Fsp3) is 0.548. The summed E-state index contributed by atoms with van der Waals surface area (Å²) in [4.78, 5) is 99.4. The van der Waals surface area contributed by atoms with E-state index in [-0.39, 0.29) is 43.5 Å². The van der Waals surface area contributed by atoms with Gasteiger partial charge in [-0.2, -0.15) is 0 Å². The maximum Gasteiger partial charge on any atom is 0.319 e. The van der Waals surface area contributed by atoms with Crippen molar-refractivity contribution in [3.8, 4) is 0 Å². The Morgan fingerprint density at radius 1 is 0.932 bits per heavy atom. The van der Waals surface area contributed by atoms with E-state index in [0.717, 1.165) is 16.0 Å². The van der Waals surface area contributed by atoms with Crippen LogP contribution in [-0.2, 0) is 35.2 Å². The van der Waals surface area contributed by atoms with Crippen molar-refractivity contribution in [2.75, 3.05) is 25.0 Å². The summed E-state index contributed by atoms with van der Waals surface area (Å²) in [7, 11) is 0. The van der Waals surface area contributed by atoms with Gasteiger partial charge in [-0.15, -0.1) is 0 Å². The lowest BCUT2D eigenvalue weighted by atomic mass is 9.98. The van der Waals surface area contributed by atoms with Crippen LogP contribution >= 0.6 is 11.6 Å². The zero-order valence-corrected chi connectivity index (χ0v) is 34.5. The SMILES string of the molecule is Cc1cccc(C[C@H](NC(=O)Nc2ccc(Cl)cc2)C(=O)N[C@H](C(=O)N2C[C@H](O)C[C@H]2C(=O)N2CCCC[C@H]2C(=O)N[C@@H](C)C(=O)N2C[C@@H](C)C[C@]23CC3=O)[C@H](C)O)c1. The molecule has 3 heterocycles. The molecule has 6 rings (SSSR count). The van der Waals surface area contributed by atoms with Crippen molar-refractivity contribution in [3.05, 3.63) is 64.7 Å². The van der Waals surface area contributed by atoms with Crippen molar-refractivity contribution in [3.63, 3.8) is 0 Å². The summed E-state index contributed by atoms with van der Waals surface area (Å²) < 4.78 is 0. The van der Waals surface area contributed by atoms with Gasteiger partial charge in [-0.3, -0.25) is 28.8 Å². The molecule has 17 heteroatoms. The monoisotopic (exact) mass is 835 g/mol. The van der Waals surface area contributed by atoms with Crippen molar-refractivity contribution < 1.29 is 43.8 Å². The molecule has 6 N–H and O–H groups in total. The second-order valence-electron chi connectivity index (χ2n) is 16.6. The van der Waals surface area contributed by atoms with Crippen LogP contribution < -0.4 is 21.3 Å². The lowest BCUT2D eigenvalue weighted by molar-refractivity contribution is -0.152. The zero-order chi connectivity index (χ0) is 42.8. The second-order valence-corrected chi connectivity index (χ2v) is 17.1. The number of piperidine rings is 1. The van der Waals surface area contributed by atoms with Gasteiger partial charge in [-0.25, -0.2) is 4.79 Å². The Hall–Kier alpha value is -5.06. The summed E-state index contributed by atoms with van der Waals surface area (Å²) in [6.45, 7) is 7.07. The molecule has 2 aromatic carbocycles. The molecule has 3 aliphatic heterocycles. The molecule has 0 unspecified atom stereocenters. The lowest BCUT2D eigenvalue weighted by Gasteiger charge is -2.39. The maximum atomic E-state index is 14.3. The number of ketones is 1. The number of hydrogen-bond acceptors (Lipinski definition) is 9. The van der Waals surface area contributed by atoms with E-state index in [2.05, 4.69) is 21.3 Å². The van der Waals surface area contributed by atoms with Crippen LogP contribution in [0.2, 0.25) is 5.02 Å². The third-order valence-corrected chi connectivity index (χ3v) is 12.0. The Kier molecular flexibility index (Phi) is 13.3. The molecule has 7 amide bonds. The quantitative estimate of drug-likeness (QED) is 0.183. The molecule has 1 spiro atoms. The Morgan fingerprint density at radius 2 is 1.64 bits per heavy atom. The molecule has 0 bridgehead atoms. The number of nitrogens with one attached hydrogen (secondary N) is 4. The van der Waals surface area contributed by atoms with Gasteiger partial charge in [0.05, 0.1) is 12.2 Å². The number of likely N-dealkylation sites (tertiary alicyclic amines) is 3. The number of hydrogen-bond donors (Lipinski definition) is 6. The molecule has 0 aromatic heterocycles. The Bertz CT molecular complexity index is 1960. The van der Waals surface area contributed by atoms with Crippen LogP contribution in [0.1, 0.15) is 70.4 Å². The number of β-amino-alcohol motifs (C(OH)–C–C–N with tert-alkyl or cyclic N) is 1. The predicted molar refractivity (Wildman–Crippen MR) is 217 cm³/mol. The minimum absolute atomic E-state index is 0.0180. The summed E-state index contributed by atoms with van der Waals surface area (Å²) >= 11 is 5.97. The second kappa shape index (κ2) is 18.1. The highest BCUT2D eigenvalue weighted by atomic mass is 35.5. The molecule has 0 radical (unpaired) electrons. The highest BCUT2D eigenvalue weighted by molar-refractivity contribution is 6.30. The van der Waals surface area contributed by atoms with E-state index in [1.807, 2.05) is 32.0 Å². The van der Waals surface area contributed by atoms with Gasteiger partial charge in [-0.1, -0.05) is 48.4 Å². The van der Waals surface area contributed by atoms with Gasteiger partial charge in [0.25, 0.3) is 0 Å². The normalized spacial score (nSPS) is 25.8. The summed E-state index contributed by atoms with van der Waals surface area (Å²) in [5.74, 6) is -2.93. The number of amides is 7. The molecule has 1 aliphatic carbocycles. The van der Waals surface area contributed by atoms with Crippen molar-refractivity contribution in [2.24, 2.45) is 5.92 Å². The molecule has 318 valence electrons. The van der Waals surface area contributed by atoms with Crippen LogP contribution in [0, 0.1) is 12.8 Å². The number of carbonyl (C=O) groups excluding carboxylic acids is 7. The lowest BCUT2D eigenvalue weighted by Crippen LogP contribution is -2.62. The highest BCUT2D eigenvalue weighted by Crippen LogP contribution is 2.48. The molecule has 2 aromatic rings. The zero-order valence-electron chi connectivity index (χ0n) is 33.8. The number of Topliss-reactive ketones (excluding diaryl/α,β-unsaturated/α-hetero) is 1. The van der Waals surface area contributed by atoms with E-state index in [4.69, 9.17) is 11.6 Å². The van der Waals surface area contributed by atoms with E-state index in [9.17, 15) is 43.8 Å². The largest absolute Gasteiger partial charge is 0.391 e. The first-order valence-electron chi connectivity index (χ1n) is 20.3. The van der Waals surface area contributed by atoms with Gasteiger partial charge in [-0.05, 0) is 82.2 Å². The standard InChI is InChI=1S/C42H54ClN7O9/c1-23-8-7-9-27(16-23)17-31(46-41(59)45-29-13-11-28(43)12-14-29)36(54)47-35(26(4)51)40(58)49-22-30(52)18-33(49)39(57)48-15-6-5-10-32(48)37(55)44-25(3)38(56)50-21-24(2)19-42(50)20-34(42)53/h7-9,11-14,16,24-26,30-33,35,51-52H,5-6,10,15,17-22H2,1-4H3,(H,44,55)(H,47,54)(H2,45,46,59)/t24-,25-,26-,30+,31-,32-,33-,35-,42+/m0/s1. The molecule has 3 saturated heterocycles. The minimum atomic E-state index is -1.58. The Labute approximate surface area is 348 Å². The fourth-order valence-electron chi connectivity index (χ4n) is 8.71. The predicted octanol–water partition coefficient (Wildman–Crippen LogP) is 1.67. The summed E-state index contributed by atoms with van der Waals surface area (Å²) in [5, 5.41) is 32.8. The van der Waals surface area contributed by atoms with Gasteiger partial charge < -0.3 is 46.2 Å². The number of urea groups is 1. The smallest absolute Gasteiger partial charge is 0.319 e. The summed E-state index contributed by atoms with van der Waals surface area (Å²) in [6.07, 6.45) is -0.259. The van der Waals surface area contributed by atoms with Gasteiger partial charge in [0.2, 0.25) is 29.5 Å². The first kappa shape index (κ1) is 43.5. The van der Waals surface area contributed by atoms with Crippen LogP contribution in [0.15, 0.2) is 48.5 Å². The average molecular weight is 836 g/mol. The number of carbonyl (C=O) groups is 7. The summed E-state index contributed by atoms with van der Waals surface area (Å²) in [5.41, 5.74) is 1.27. The average Bonchev–Trinajstić information content (AvgIpc) is 3.47. The number of aliphatic hydroxyl groups is 2.